The molecule has 0 rings (SSSR count). The highest BCUT2D eigenvalue weighted by Crippen LogP contribution is 2.33. The van der Waals surface area contributed by atoms with Crippen LogP contribution in [0.4, 0.5) is 0 Å². The van der Waals surface area contributed by atoms with Gasteiger partial charge in [-0.25, -0.2) is 0 Å². The van der Waals surface area contributed by atoms with Crippen molar-refractivity contribution in [2.75, 3.05) is 33.0 Å². The Bertz CT molecular complexity index is 376. The largest absolute Gasteiger partial charge is 0.393 e. The van der Waals surface area contributed by atoms with Crippen molar-refractivity contribution in [3.8, 4) is 0 Å². The molecular weight excluding hydrogens is 422 g/mol. The Morgan fingerprint density at radius 3 is 0.968 bits per heavy atom. The third-order valence-electron chi connectivity index (χ3n) is 6.14. The average molecular weight is 478 g/mol. The van der Waals surface area contributed by atoms with Crippen molar-refractivity contribution in [1.29, 1.82) is 0 Å². The Labute approximate surface area is 197 Å². The minimum Gasteiger partial charge on any atom is -0.393 e. The summed E-state index contributed by atoms with van der Waals surface area (Å²) in [6.07, 6.45) is 6.17. The van der Waals surface area contributed by atoms with Crippen LogP contribution in [0.25, 0.3) is 0 Å². The first kappa shape index (κ1) is 31.2. The van der Waals surface area contributed by atoms with Gasteiger partial charge in [0.2, 0.25) is 0 Å². The van der Waals surface area contributed by atoms with E-state index in [1.807, 2.05) is 0 Å². The van der Waals surface area contributed by atoms with E-state index in [0.29, 0.717) is 11.3 Å². The first-order valence-electron chi connectivity index (χ1n) is 13.3. The first-order valence-corrected chi connectivity index (χ1v) is 17.5. The van der Waals surface area contributed by atoms with E-state index in [9.17, 15) is 0 Å². The molecule has 188 valence electrons. The second kappa shape index (κ2) is 17.7. The van der Waals surface area contributed by atoms with Crippen LogP contribution in [0, 0.1) is 0 Å². The van der Waals surface area contributed by atoms with Gasteiger partial charge in [-0.3, -0.25) is 4.90 Å². The molecule has 0 bridgehead atoms. The third kappa shape index (κ3) is 8.83. The van der Waals surface area contributed by atoms with Crippen LogP contribution in [0.5, 0.6) is 0 Å². The standard InChI is InChI=1S/C24H55NO4Si2/c1-10-19-26-30(17-8,27-20-11-2)23(14-5)25(16-7)24(15-6)31(18-9,28-21-12-3)29-22-13-4/h23-24H,10-22H2,1-9H3. The molecule has 0 heterocycles. The van der Waals surface area contributed by atoms with Crippen LogP contribution >= 0.6 is 0 Å². The fraction of sp³-hybridized carbons (Fsp3) is 1.00. The summed E-state index contributed by atoms with van der Waals surface area (Å²) in [5.74, 6) is 0. The molecule has 5 nitrogen and oxygen atoms in total. The van der Waals surface area contributed by atoms with Crippen molar-refractivity contribution < 1.29 is 17.7 Å². The molecule has 31 heavy (non-hydrogen) atoms. The maximum Gasteiger partial charge on any atom is 0.355 e. The van der Waals surface area contributed by atoms with Crippen molar-refractivity contribution in [2.24, 2.45) is 0 Å². The van der Waals surface area contributed by atoms with Gasteiger partial charge in [-0.05, 0) is 57.2 Å². The highest BCUT2D eigenvalue weighted by Gasteiger charge is 2.53. The van der Waals surface area contributed by atoms with Crippen LogP contribution in [-0.2, 0) is 17.7 Å². The zero-order valence-electron chi connectivity index (χ0n) is 22.4. The zero-order valence-corrected chi connectivity index (χ0v) is 24.4. The van der Waals surface area contributed by atoms with Crippen LogP contribution in [0.2, 0.25) is 12.1 Å². The van der Waals surface area contributed by atoms with E-state index >= 15 is 0 Å². The van der Waals surface area contributed by atoms with E-state index in [2.05, 4.69) is 67.2 Å². The highest BCUT2D eigenvalue weighted by molar-refractivity contribution is 6.70. The van der Waals surface area contributed by atoms with Crippen LogP contribution < -0.4 is 0 Å². The lowest BCUT2D eigenvalue weighted by molar-refractivity contribution is 0.0800. The molecule has 0 spiro atoms. The smallest absolute Gasteiger partial charge is 0.355 e. The molecule has 0 aliphatic carbocycles. The van der Waals surface area contributed by atoms with Crippen LogP contribution in [0.15, 0.2) is 0 Å². The molecule has 2 unspecified atom stereocenters. The Morgan fingerprint density at radius 2 is 0.806 bits per heavy atom. The molecular formula is C24H55NO4Si2. The second-order valence-electron chi connectivity index (χ2n) is 8.40. The first-order chi connectivity index (χ1) is 15.0. The maximum atomic E-state index is 6.68. The van der Waals surface area contributed by atoms with E-state index < -0.39 is 17.1 Å². The Balaban J connectivity index is 6.28. The van der Waals surface area contributed by atoms with Gasteiger partial charge in [0.1, 0.15) is 0 Å². The summed E-state index contributed by atoms with van der Waals surface area (Å²) in [4.78, 5) is 2.68. The van der Waals surface area contributed by atoms with Gasteiger partial charge in [-0.1, -0.05) is 62.3 Å². The molecule has 7 heteroatoms. The molecule has 0 saturated carbocycles. The fourth-order valence-corrected chi connectivity index (χ4v) is 12.7. The maximum absolute atomic E-state index is 6.68. The Morgan fingerprint density at radius 1 is 0.516 bits per heavy atom. The molecule has 0 aliphatic heterocycles. The number of hydrogen-bond donors (Lipinski definition) is 0. The van der Waals surface area contributed by atoms with E-state index in [0.717, 1.165) is 83.6 Å². The topological polar surface area (TPSA) is 40.2 Å². The summed E-state index contributed by atoms with van der Waals surface area (Å²) in [6.45, 7) is 24.3. The predicted molar refractivity (Wildman–Crippen MR) is 138 cm³/mol. The van der Waals surface area contributed by atoms with E-state index in [-0.39, 0.29) is 0 Å². The van der Waals surface area contributed by atoms with Gasteiger partial charge in [0, 0.05) is 26.4 Å². The molecule has 0 aromatic heterocycles. The number of hydrogen-bond acceptors (Lipinski definition) is 5. The second-order valence-corrected chi connectivity index (χ2v) is 15.6. The Kier molecular flexibility index (Phi) is 17.8. The van der Waals surface area contributed by atoms with Gasteiger partial charge >= 0.3 is 17.1 Å². The summed E-state index contributed by atoms with van der Waals surface area (Å²) in [6, 6.07) is 1.95. The van der Waals surface area contributed by atoms with E-state index in [1.54, 1.807) is 0 Å². The van der Waals surface area contributed by atoms with Crippen molar-refractivity contribution in [2.45, 2.75) is 124 Å². The summed E-state index contributed by atoms with van der Waals surface area (Å²) in [7, 11) is -4.84. The molecule has 2 atom stereocenters. The molecule has 0 saturated heterocycles. The average Bonchev–Trinajstić information content (AvgIpc) is 2.81. The lowest BCUT2D eigenvalue weighted by Gasteiger charge is -2.49. The molecule has 0 amide bonds. The predicted octanol–water partition coefficient (Wildman–Crippen LogP) is 6.57. The summed E-state index contributed by atoms with van der Waals surface area (Å²) >= 11 is 0. The van der Waals surface area contributed by atoms with Gasteiger partial charge in [0.05, 0.1) is 11.3 Å². The SMILES string of the molecule is CCCO[Si](CC)(OCCC)C(CC)N(CC)C(CC)[Si](CC)(OCCC)OCCC. The minimum absolute atomic E-state index is 0.305. The van der Waals surface area contributed by atoms with Crippen molar-refractivity contribution in [3.63, 3.8) is 0 Å². The van der Waals surface area contributed by atoms with Gasteiger partial charge in [-0.2, -0.15) is 0 Å². The zero-order chi connectivity index (χ0) is 23.8. The number of nitrogens with zero attached hydrogens (tertiary/aromatic N) is 1. The van der Waals surface area contributed by atoms with Crippen LogP contribution in [0.1, 0.15) is 101 Å². The quantitative estimate of drug-likeness (QED) is 0.175. The van der Waals surface area contributed by atoms with Crippen LogP contribution in [-0.4, -0.2) is 66.3 Å². The normalized spacial score (nSPS) is 14.9. The molecule has 0 radical (unpaired) electrons. The van der Waals surface area contributed by atoms with Gasteiger partial charge in [0.15, 0.2) is 0 Å². The van der Waals surface area contributed by atoms with Gasteiger partial charge in [-0.15, -0.1) is 0 Å². The molecule has 0 aliphatic rings. The van der Waals surface area contributed by atoms with E-state index in [4.69, 9.17) is 17.7 Å². The fourth-order valence-electron chi connectivity index (χ4n) is 4.70. The molecule has 0 N–H and O–H groups in total. The minimum atomic E-state index is -2.42. The van der Waals surface area contributed by atoms with Gasteiger partial charge < -0.3 is 17.7 Å². The highest BCUT2D eigenvalue weighted by atomic mass is 28.4. The van der Waals surface area contributed by atoms with Gasteiger partial charge in [0.25, 0.3) is 0 Å². The summed E-state index contributed by atoms with van der Waals surface area (Å²) in [5, 5.41) is 0. The third-order valence-corrected chi connectivity index (χ3v) is 14.4. The lowest BCUT2D eigenvalue weighted by atomic mass is 10.3. The molecule has 0 aromatic rings. The van der Waals surface area contributed by atoms with E-state index in [1.165, 1.54) is 0 Å². The van der Waals surface area contributed by atoms with Crippen molar-refractivity contribution >= 4 is 17.1 Å². The summed E-state index contributed by atoms with van der Waals surface area (Å²) < 4.78 is 26.7. The Hall–Kier alpha value is 0.234. The van der Waals surface area contributed by atoms with Crippen LogP contribution in [0.3, 0.4) is 0 Å². The summed E-state index contributed by atoms with van der Waals surface area (Å²) in [5.41, 5.74) is 0.610. The van der Waals surface area contributed by atoms with Crippen molar-refractivity contribution in [3.05, 3.63) is 0 Å². The molecule has 0 aromatic carbocycles. The lowest BCUT2D eigenvalue weighted by Crippen LogP contribution is -2.68. The monoisotopic (exact) mass is 477 g/mol. The number of rotatable bonds is 21. The van der Waals surface area contributed by atoms with Crippen molar-refractivity contribution in [1.82, 2.24) is 4.90 Å². The molecule has 0 fully saturated rings.